The molecule has 0 aliphatic carbocycles. The minimum absolute atomic E-state index is 0. The average Bonchev–Trinajstić information content (AvgIpc) is 2.73. The fourth-order valence-electron chi connectivity index (χ4n) is 3.41. The first-order chi connectivity index (χ1) is 14.1. The van der Waals surface area contributed by atoms with Gasteiger partial charge in [-0.3, -0.25) is 4.79 Å². The third-order valence-corrected chi connectivity index (χ3v) is 4.90. The Bertz CT molecular complexity index is 847. The molecule has 0 aromatic heterocycles. The summed E-state index contributed by atoms with van der Waals surface area (Å²) in [5.41, 5.74) is 2.34. The minimum atomic E-state index is -0.300. The van der Waals surface area contributed by atoms with Gasteiger partial charge in [0.1, 0.15) is 5.82 Å². The molecule has 1 heterocycles. The maximum absolute atomic E-state index is 13.6. The number of hydrogen-bond acceptors (Lipinski definition) is 3. The van der Waals surface area contributed by atoms with E-state index in [4.69, 9.17) is 0 Å². The highest BCUT2D eigenvalue weighted by molar-refractivity contribution is 5.89. The van der Waals surface area contributed by atoms with Crippen molar-refractivity contribution in [3.8, 4) is 0 Å². The number of carbonyl (C=O) groups is 2. The predicted octanol–water partition coefficient (Wildman–Crippen LogP) is 3.49. The van der Waals surface area contributed by atoms with Gasteiger partial charge in [0.25, 0.3) is 0 Å². The van der Waals surface area contributed by atoms with Crippen molar-refractivity contribution < 1.29 is 14.0 Å². The Kier molecular flexibility index (Phi) is 9.08. The van der Waals surface area contributed by atoms with Crippen LogP contribution in [-0.4, -0.2) is 43.0 Å². The van der Waals surface area contributed by atoms with Crippen molar-refractivity contribution in [2.75, 3.05) is 31.5 Å². The molecule has 0 bridgehead atoms. The van der Waals surface area contributed by atoms with Gasteiger partial charge in [0.15, 0.2) is 0 Å². The number of nitrogens with zero attached hydrogens (tertiary/aromatic N) is 1. The van der Waals surface area contributed by atoms with Crippen molar-refractivity contribution in [2.24, 2.45) is 0 Å². The lowest BCUT2D eigenvalue weighted by molar-refractivity contribution is -0.133. The average molecular weight is 435 g/mol. The van der Waals surface area contributed by atoms with Gasteiger partial charge in [0.05, 0.1) is 12.5 Å². The van der Waals surface area contributed by atoms with Crippen LogP contribution in [0.3, 0.4) is 0 Å². The lowest BCUT2D eigenvalue weighted by Crippen LogP contribution is -2.49. The summed E-state index contributed by atoms with van der Waals surface area (Å²) in [6, 6.07) is 13.2. The minimum Gasteiger partial charge on any atom is -0.338 e. The van der Waals surface area contributed by atoms with E-state index in [1.807, 2.05) is 30.0 Å². The van der Waals surface area contributed by atoms with Crippen LogP contribution in [0.1, 0.15) is 30.5 Å². The SMILES string of the molecule is CCCNC(=O)Nc1ccc(CC(=O)N2CCNCC2c2cccc(F)c2)cc1.Cl. The van der Waals surface area contributed by atoms with Crippen molar-refractivity contribution in [2.45, 2.75) is 25.8 Å². The summed E-state index contributed by atoms with van der Waals surface area (Å²) in [5.74, 6) is -0.298. The second kappa shape index (κ2) is 11.5. The van der Waals surface area contributed by atoms with E-state index < -0.39 is 0 Å². The summed E-state index contributed by atoms with van der Waals surface area (Å²) >= 11 is 0. The largest absolute Gasteiger partial charge is 0.338 e. The highest BCUT2D eigenvalue weighted by atomic mass is 35.5. The molecule has 2 aromatic carbocycles. The Labute approximate surface area is 182 Å². The second-order valence-electron chi connectivity index (χ2n) is 7.12. The summed E-state index contributed by atoms with van der Waals surface area (Å²) in [5, 5.41) is 8.80. The maximum atomic E-state index is 13.6. The summed E-state index contributed by atoms with van der Waals surface area (Å²) in [7, 11) is 0. The number of halogens is 2. The molecule has 3 N–H and O–H groups in total. The Balaban J connectivity index is 0.00000320. The maximum Gasteiger partial charge on any atom is 0.319 e. The number of anilines is 1. The predicted molar refractivity (Wildman–Crippen MR) is 118 cm³/mol. The van der Waals surface area contributed by atoms with Crippen LogP contribution in [0.4, 0.5) is 14.9 Å². The number of hydrogen-bond donors (Lipinski definition) is 3. The van der Waals surface area contributed by atoms with Crippen molar-refractivity contribution >= 4 is 30.0 Å². The Morgan fingerprint density at radius 2 is 1.97 bits per heavy atom. The molecule has 0 radical (unpaired) electrons. The van der Waals surface area contributed by atoms with E-state index in [2.05, 4.69) is 16.0 Å². The molecule has 0 saturated carbocycles. The molecule has 30 heavy (non-hydrogen) atoms. The summed E-state index contributed by atoms with van der Waals surface area (Å²) in [6.07, 6.45) is 1.13. The molecule has 8 heteroatoms. The van der Waals surface area contributed by atoms with Crippen LogP contribution >= 0.6 is 12.4 Å². The number of rotatable bonds is 6. The van der Waals surface area contributed by atoms with Gasteiger partial charge in [-0.2, -0.15) is 0 Å². The highest BCUT2D eigenvalue weighted by Crippen LogP contribution is 2.24. The molecule has 1 unspecified atom stereocenters. The monoisotopic (exact) mass is 434 g/mol. The molecule has 6 nitrogen and oxygen atoms in total. The zero-order valence-corrected chi connectivity index (χ0v) is 17.8. The number of urea groups is 1. The molecule has 0 spiro atoms. The quantitative estimate of drug-likeness (QED) is 0.651. The molecular weight excluding hydrogens is 407 g/mol. The fraction of sp³-hybridized carbons (Fsp3) is 0.364. The van der Waals surface area contributed by atoms with Gasteiger partial charge in [-0.05, 0) is 41.8 Å². The van der Waals surface area contributed by atoms with Crippen LogP contribution in [-0.2, 0) is 11.2 Å². The van der Waals surface area contributed by atoms with Gasteiger partial charge in [0, 0.05) is 31.9 Å². The number of nitrogens with one attached hydrogen (secondary N) is 3. The Morgan fingerprint density at radius 3 is 2.67 bits per heavy atom. The van der Waals surface area contributed by atoms with Gasteiger partial charge in [-0.25, -0.2) is 9.18 Å². The highest BCUT2D eigenvalue weighted by Gasteiger charge is 2.28. The summed E-state index contributed by atoms with van der Waals surface area (Å²) in [4.78, 5) is 26.5. The van der Waals surface area contributed by atoms with Crippen LogP contribution in [0.2, 0.25) is 0 Å². The van der Waals surface area contributed by atoms with E-state index in [1.165, 1.54) is 12.1 Å². The van der Waals surface area contributed by atoms with Gasteiger partial charge in [-0.15, -0.1) is 12.4 Å². The third-order valence-electron chi connectivity index (χ3n) is 4.90. The number of piperazine rings is 1. The second-order valence-corrected chi connectivity index (χ2v) is 7.12. The first-order valence-electron chi connectivity index (χ1n) is 9.96. The van der Waals surface area contributed by atoms with E-state index in [-0.39, 0.29) is 42.6 Å². The molecule has 3 rings (SSSR count). The molecule has 1 aliphatic rings. The van der Waals surface area contributed by atoms with Crippen LogP contribution in [0, 0.1) is 5.82 Å². The van der Waals surface area contributed by atoms with E-state index in [0.29, 0.717) is 31.9 Å². The molecule has 1 fully saturated rings. The molecule has 1 saturated heterocycles. The summed E-state index contributed by atoms with van der Waals surface area (Å²) in [6.45, 7) is 4.51. The van der Waals surface area contributed by atoms with E-state index in [9.17, 15) is 14.0 Å². The van der Waals surface area contributed by atoms with Gasteiger partial charge in [0.2, 0.25) is 5.91 Å². The fourth-order valence-corrected chi connectivity index (χ4v) is 3.41. The van der Waals surface area contributed by atoms with Crippen molar-refractivity contribution in [1.82, 2.24) is 15.5 Å². The Hall–Kier alpha value is -2.64. The standard InChI is InChI=1S/C22H27FN4O2.ClH/c1-2-10-25-22(29)26-19-8-6-16(7-9-19)13-21(28)27-12-11-24-15-20(27)17-4-3-5-18(23)14-17;/h3-9,14,20,24H,2,10-13,15H2,1H3,(H2,25,26,29);1H. The van der Waals surface area contributed by atoms with Crippen molar-refractivity contribution in [1.29, 1.82) is 0 Å². The smallest absolute Gasteiger partial charge is 0.319 e. The van der Waals surface area contributed by atoms with Gasteiger partial charge in [-0.1, -0.05) is 31.2 Å². The zero-order valence-electron chi connectivity index (χ0n) is 17.0. The summed E-state index contributed by atoms with van der Waals surface area (Å²) < 4.78 is 13.6. The van der Waals surface area contributed by atoms with E-state index >= 15 is 0 Å². The first-order valence-corrected chi connectivity index (χ1v) is 9.96. The van der Waals surface area contributed by atoms with Crippen molar-refractivity contribution in [3.63, 3.8) is 0 Å². The molecular formula is C22H28ClFN4O2. The third kappa shape index (κ3) is 6.43. The van der Waals surface area contributed by atoms with Crippen molar-refractivity contribution in [3.05, 3.63) is 65.5 Å². The molecule has 2 aromatic rings. The van der Waals surface area contributed by atoms with Gasteiger partial charge >= 0.3 is 6.03 Å². The first kappa shape index (κ1) is 23.6. The molecule has 3 amide bonds. The lowest BCUT2D eigenvalue weighted by atomic mass is 10.0. The normalized spacial score (nSPS) is 15.8. The number of carbonyl (C=O) groups excluding carboxylic acids is 2. The van der Waals surface area contributed by atoms with Crippen LogP contribution < -0.4 is 16.0 Å². The van der Waals surface area contributed by atoms with E-state index in [1.54, 1.807) is 18.2 Å². The molecule has 1 aliphatic heterocycles. The Morgan fingerprint density at radius 1 is 1.20 bits per heavy atom. The zero-order chi connectivity index (χ0) is 20.6. The van der Waals surface area contributed by atoms with E-state index in [0.717, 1.165) is 17.5 Å². The number of benzene rings is 2. The van der Waals surface area contributed by atoms with Gasteiger partial charge < -0.3 is 20.9 Å². The molecule has 162 valence electrons. The van der Waals surface area contributed by atoms with Crippen LogP contribution in [0.25, 0.3) is 0 Å². The molecule has 1 atom stereocenters. The number of amides is 3. The van der Waals surface area contributed by atoms with Crippen LogP contribution in [0.5, 0.6) is 0 Å². The topological polar surface area (TPSA) is 73.5 Å². The lowest BCUT2D eigenvalue weighted by Gasteiger charge is -2.36. The van der Waals surface area contributed by atoms with Crippen LogP contribution in [0.15, 0.2) is 48.5 Å².